The molecular formula is C9H6N4O. The van der Waals surface area contributed by atoms with Gasteiger partial charge >= 0.3 is 0 Å². The molecule has 0 N–H and O–H groups in total. The number of pyridine rings is 1. The molecule has 0 aliphatic carbocycles. The Morgan fingerprint density at radius 2 is 2.36 bits per heavy atom. The predicted molar refractivity (Wildman–Crippen MR) is 47.2 cm³/mol. The summed E-state index contributed by atoms with van der Waals surface area (Å²) in [6.45, 7) is 0. The van der Waals surface area contributed by atoms with Crippen molar-refractivity contribution in [3.05, 3.63) is 42.5 Å². The molecule has 0 unspecified atom stereocenters. The predicted octanol–water partition coefficient (Wildman–Crippen LogP) is 0.992. The van der Waals surface area contributed by atoms with E-state index in [0.29, 0.717) is 11.3 Å². The molecule has 0 aliphatic heterocycles. The quantitative estimate of drug-likeness (QED) is 0.701. The maximum atomic E-state index is 8.55. The first-order valence-corrected chi connectivity index (χ1v) is 3.91. The second-order valence-corrected chi connectivity index (χ2v) is 2.52. The zero-order valence-electron chi connectivity index (χ0n) is 7.16. The van der Waals surface area contributed by atoms with Crippen LogP contribution in [0.15, 0.2) is 36.9 Å². The van der Waals surface area contributed by atoms with Crippen molar-refractivity contribution in [2.45, 2.75) is 0 Å². The van der Waals surface area contributed by atoms with Gasteiger partial charge in [-0.3, -0.25) is 4.98 Å². The summed E-state index contributed by atoms with van der Waals surface area (Å²) in [5.74, 6) is 0.570. The molecule has 0 aromatic carbocycles. The summed E-state index contributed by atoms with van der Waals surface area (Å²) < 4.78 is 0. The summed E-state index contributed by atoms with van der Waals surface area (Å²) in [7, 11) is 0. The highest BCUT2D eigenvalue weighted by Gasteiger charge is 1.98. The van der Waals surface area contributed by atoms with Crippen LogP contribution in [0.3, 0.4) is 0 Å². The fraction of sp³-hybridized carbons (Fsp3) is 0. The van der Waals surface area contributed by atoms with E-state index in [0.717, 1.165) is 0 Å². The Bertz CT molecular complexity index is 457. The number of hydrogen-bond donors (Lipinski definition) is 0. The second kappa shape index (κ2) is 3.58. The van der Waals surface area contributed by atoms with Crippen LogP contribution in [0.5, 0.6) is 5.75 Å². The Kier molecular flexibility index (Phi) is 2.11. The molecule has 0 fully saturated rings. The number of hydrogen-bond acceptors (Lipinski definition) is 4. The van der Waals surface area contributed by atoms with Gasteiger partial charge in [0.05, 0.1) is 24.2 Å². The van der Waals surface area contributed by atoms with Gasteiger partial charge in [-0.05, 0) is 12.1 Å². The topological polar surface area (TPSA) is 63.7 Å². The van der Waals surface area contributed by atoms with Gasteiger partial charge in [-0.15, -0.1) is 5.10 Å². The van der Waals surface area contributed by atoms with Crippen LogP contribution in [-0.2, 0) is 0 Å². The van der Waals surface area contributed by atoms with E-state index in [1.54, 1.807) is 24.5 Å². The number of rotatable bonds is 2. The monoisotopic (exact) mass is 186 g/mol. The molecule has 0 aliphatic rings. The average Bonchev–Trinajstić information content (AvgIpc) is 2.67. The standard InChI is InChI=1S/C9H6N4O/c10-4-8-5-12-13(7-8)14-9-2-1-3-11-6-9/h1-3,5-7H. The van der Waals surface area contributed by atoms with Crippen molar-refractivity contribution in [2.24, 2.45) is 0 Å². The molecule has 0 atom stereocenters. The summed E-state index contributed by atoms with van der Waals surface area (Å²) in [6.07, 6.45) is 6.13. The van der Waals surface area contributed by atoms with E-state index < -0.39 is 0 Å². The molecule has 5 nitrogen and oxygen atoms in total. The molecule has 2 aromatic heterocycles. The molecule has 14 heavy (non-hydrogen) atoms. The molecule has 0 radical (unpaired) electrons. The molecular weight excluding hydrogens is 180 g/mol. The minimum Gasteiger partial charge on any atom is -0.356 e. The van der Waals surface area contributed by atoms with Crippen LogP contribution in [0.4, 0.5) is 0 Å². The van der Waals surface area contributed by atoms with E-state index in [-0.39, 0.29) is 0 Å². The first-order valence-electron chi connectivity index (χ1n) is 3.91. The van der Waals surface area contributed by atoms with E-state index in [1.165, 1.54) is 17.2 Å². The van der Waals surface area contributed by atoms with Crippen LogP contribution >= 0.6 is 0 Å². The third kappa shape index (κ3) is 1.69. The molecule has 0 spiro atoms. The lowest BCUT2D eigenvalue weighted by atomic mass is 10.4. The van der Waals surface area contributed by atoms with Crippen molar-refractivity contribution in [3.8, 4) is 11.8 Å². The second-order valence-electron chi connectivity index (χ2n) is 2.52. The fourth-order valence-electron chi connectivity index (χ4n) is 0.921. The summed E-state index contributed by atoms with van der Waals surface area (Å²) in [5, 5.41) is 12.4. The summed E-state index contributed by atoms with van der Waals surface area (Å²) >= 11 is 0. The fourth-order valence-corrected chi connectivity index (χ4v) is 0.921. The third-order valence-corrected chi connectivity index (χ3v) is 1.52. The van der Waals surface area contributed by atoms with E-state index >= 15 is 0 Å². The molecule has 0 bridgehead atoms. The molecule has 2 rings (SSSR count). The maximum Gasteiger partial charge on any atom is 0.176 e. The van der Waals surface area contributed by atoms with Gasteiger partial charge in [0, 0.05) is 6.20 Å². The highest BCUT2D eigenvalue weighted by Crippen LogP contribution is 2.07. The first-order chi connectivity index (χ1) is 6.88. The Morgan fingerprint density at radius 1 is 1.43 bits per heavy atom. The number of nitriles is 1. The van der Waals surface area contributed by atoms with Gasteiger partial charge < -0.3 is 4.84 Å². The van der Waals surface area contributed by atoms with Crippen molar-refractivity contribution in [3.63, 3.8) is 0 Å². The summed E-state index contributed by atoms with van der Waals surface area (Å²) in [4.78, 5) is 10.3. The molecule has 5 heteroatoms. The van der Waals surface area contributed by atoms with E-state index in [9.17, 15) is 0 Å². The summed E-state index contributed by atoms with van der Waals surface area (Å²) in [6, 6.07) is 5.46. The summed E-state index contributed by atoms with van der Waals surface area (Å²) in [5.41, 5.74) is 0.453. The van der Waals surface area contributed by atoms with E-state index in [1.807, 2.05) is 6.07 Å². The lowest BCUT2D eigenvalue weighted by Gasteiger charge is -2.01. The third-order valence-electron chi connectivity index (χ3n) is 1.52. The van der Waals surface area contributed by atoms with E-state index in [2.05, 4.69) is 10.1 Å². The van der Waals surface area contributed by atoms with Gasteiger partial charge in [0.25, 0.3) is 0 Å². The van der Waals surface area contributed by atoms with Crippen LogP contribution in [0.2, 0.25) is 0 Å². The maximum absolute atomic E-state index is 8.55. The highest BCUT2D eigenvalue weighted by molar-refractivity contribution is 5.22. The molecule has 0 saturated carbocycles. The smallest absolute Gasteiger partial charge is 0.176 e. The normalized spacial score (nSPS) is 9.36. The Labute approximate surface area is 80.1 Å². The van der Waals surface area contributed by atoms with Gasteiger partial charge in [-0.2, -0.15) is 5.26 Å². The first kappa shape index (κ1) is 8.26. The van der Waals surface area contributed by atoms with E-state index in [4.69, 9.17) is 10.1 Å². The number of aromatic nitrogens is 3. The van der Waals surface area contributed by atoms with Gasteiger partial charge in [0.2, 0.25) is 0 Å². The van der Waals surface area contributed by atoms with Crippen molar-refractivity contribution in [2.75, 3.05) is 0 Å². The van der Waals surface area contributed by atoms with Gasteiger partial charge in [0.15, 0.2) is 5.75 Å². The lowest BCUT2D eigenvalue weighted by molar-refractivity contribution is 0.178. The zero-order chi connectivity index (χ0) is 9.80. The van der Waals surface area contributed by atoms with Gasteiger partial charge in [-0.25, -0.2) is 0 Å². The minimum absolute atomic E-state index is 0.453. The largest absolute Gasteiger partial charge is 0.356 e. The zero-order valence-corrected chi connectivity index (χ0v) is 7.16. The van der Waals surface area contributed by atoms with Crippen LogP contribution < -0.4 is 4.84 Å². The SMILES string of the molecule is N#Cc1cnn(Oc2cccnc2)c1. The molecule has 0 saturated heterocycles. The van der Waals surface area contributed by atoms with Crippen molar-refractivity contribution >= 4 is 0 Å². The van der Waals surface area contributed by atoms with Crippen LogP contribution in [0.1, 0.15) is 5.56 Å². The van der Waals surface area contributed by atoms with Crippen molar-refractivity contribution in [1.29, 1.82) is 5.26 Å². The number of nitrogens with zero attached hydrogens (tertiary/aromatic N) is 4. The highest BCUT2D eigenvalue weighted by atomic mass is 16.7. The lowest BCUT2D eigenvalue weighted by Crippen LogP contribution is -2.04. The average molecular weight is 186 g/mol. The van der Waals surface area contributed by atoms with Crippen LogP contribution in [0, 0.1) is 11.3 Å². The van der Waals surface area contributed by atoms with Crippen molar-refractivity contribution in [1.82, 2.24) is 14.9 Å². The van der Waals surface area contributed by atoms with Crippen molar-refractivity contribution < 1.29 is 4.84 Å². The molecule has 2 aromatic rings. The van der Waals surface area contributed by atoms with Gasteiger partial charge in [0.1, 0.15) is 6.07 Å². The molecule has 2 heterocycles. The van der Waals surface area contributed by atoms with Crippen LogP contribution in [-0.4, -0.2) is 14.9 Å². The molecule has 0 amide bonds. The molecule has 68 valence electrons. The Hall–Kier alpha value is -2.35. The Morgan fingerprint density at radius 3 is 3.00 bits per heavy atom. The Balaban J connectivity index is 2.16. The van der Waals surface area contributed by atoms with Gasteiger partial charge in [-0.1, -0.05) is 4.85 Å². The minimum atomic E-state index is 0.453. The van der Waals surface area contributed by atoms with Crippen LogP contribution in [0.25, 0.3) is 0 Å².